The Labute approximate surface area is 134 Å². The fourth-order valence-corrected chi connectivity index (χ4v) is 2.72. The van der Waals surface area contributed by atoms with Crippen molar-refractivity contribution in [1.82, 2.24) is 4.90 Å². The molecule has 1 atom stereocenters. The van der Waals surface area contributed by atoms with Crippen LogP contribution >= 0.6 is 0 Å². The molecule has 1 fully saturated rings. The summed E-state index contributed by atoms with van der Waals surface area (Å²) in [4.78, 5) is 27.8. The maximum absolute atomic E-state index is 12.7. The molecule has 23 heavy (non-hydrogen) atoms. The molecule has 5 nitrogen and oxygen atoms in total. The number of anilines is 1. The van der Waals surface area contributed by atoms with Crippen LogP contribution in [-0.4, -0.2) is 22.9 Å². The van der Waals surface area contributed by atoms with Crippen LogP contribution in [0.1, 0.15) is 18.1 Å². The van der Waals surface area contributed by atoms with Gasteiger partial charge in [0.2, 0.25) is 0 Å². The fraction of sp³-hybridized carbons (Fsp3) is 0.167. The van der Waals surface area contributed by atoms with Crippen molar-refractivity contribution in [3.8, 4) is 6.07 Å². The molecule has 1 heterocycles. The van der Waals surface area contributed by atoms with Gasteiger partial charge in [-0.2, -0.15) is 5.26 Å². The summed E-state index contributed by atoms with van der Waals surface area (Å²) >= 11 is 0. The van der Waals surface area contributed by atoms with Crippen molar-refractivity contribution in [2.75, 3.05) is 4.90 Å². The van der Waals surface area contributed by atoms with Crippen LogP contribution in [0.2, 0.25) is 0 Å². The van der Waals surface area contributed by atoms with E-state index in [1.54, 1.807) is 31.2 Å². The number of carbonyl (C=O) groups excluding carboxylic acids is 2. The number of nitrogens with zero attached hydrogens (tertiary/aromatic N) is 3. The first-order valence-corrected chi connectivity index (χ1v) is 7.30. The molecule has 0 spiro atoms. The highest BCUT2D eigenvalue weighted by Gasteiger charge is 2.43. The van der Waals surface area contributed by atoms with Gasteiger partial charge in [-0.1, -0.05) is 30.3 Å². The van der Waals surface area contributed by atoms with Crippen molar-refractivity contribution in [2.45, 2.75) is 19.5 Å². The van der Waals surface area contributed by atoms with E-state index in [1.165, 1.54) is 9.80 Å². The fourth-order valence-electron chi connectivity index (χ4n) is 2.72. The maximum Gasteiger partial charge on any atom is 0.332 e. The molecule has 1 aliphatic heterocycles. The lowest BCUT2D eigenvalue weighted by atomic mass is 10.1. The van der Waals surface area contributed by atoms with Crippen LogP contribution in [0.5, 0.6) is 0 Å². The van der Waals surface area contributed by atoms with E-state index in [4.69, 9.17) is 5.26 Å². The van der Waals surface area contributed by atoms with Crippen molar-refractivity contribution in [2.24, 2.45) is 0 Å². The lowest BCUT2D eigenvalue weighted by Crippen LogP contribution is -2.33. The Bertz CT molecular complexity index is 795. The van der Waals surface area contributed by atoms with Gasteiger partial charge in [-0.25, -0.2) is 4.79 Å². The molecule has 0 N–H and O–H groups in total. The van der Waals surface area contributed by atoms with Gasteiger partial charge in [0.25, 0.3) is 5.91 Å². The van der Waals surface area contributed by atoms with E-state index >= 15 is 0 Å². The number of hydrogen-bond acceptors (Lipinski definition) is 3. The first-order chi connectivity index (χ1) is 11.1. The molecule has 3 rings (SSSR count). The van der Waals surface area contributed by atoms with Crippen molar-refractivity contribution in [3.05, 3.63) is 65.7 Å². The molecule has 0 aliphatic carbocycles. The average Bonchev–Trinajstić information content (AvgIpc) is 2.79. The van der Waals surface area contributed by atoms with E-state index in [2.05, 4.69) is 6.07 Å². The zero-order chi connectivity index (χ0) is 16.4. The van der Waals surface area contributed by atoms with Crippen LogP contribution in [0.4, 0.5) is 10.5 Å². The number of hydrogen-bond donors (Lipinski definition) is 0. The van der Waals surface area contributed by atoms with Crippen LogP contribution in [0, 0.1) is 11.3 Å². The van der Waals surface area contributed by atoms with Gasteiger partial charge in [0.15, 0.2) is 0 Å². The molecule has 1 aliphatic rings. The molecule has 2 aromatic rings. The molecule has 5 heteroatoms. The average molecular weight is 305 g/mol. The number of benzene rings is 2. The van der Waals surface area contributed by atoms with E-state index in [0.29, 0.717) is 11.3 Å². The summed E-state index contributed by atoms with van der Waals surface area (Å²) in [6.45, 7) is 1.89. The second-order valence-electron chi connectivity index (χ2n) is 5.40. The number of imide groups is 1. The van der Waals surface area contributed by atoms with E-state index in [9.17, 15) is 9.59 Å². The second-order valence-corrected chi connectivity index (χ2v) is 5.40. The molecule has 1 unspecified atom stereocenters. The Morgan fingerprint density at radius 3 is 2.52 bits per heavy atom. The molecular formula is C18H15N3O2. The predicted octanol–water partition coefficient (Wildman–Crippen LogP) is 2.92. The molecule has 3 amide bonds. The lowest BCUT2D eigenvalue weighted by Gasteiger charge is -2.19. The highest BCUT2D eigenvalue weighted by atomic mass is 16.2. The monoisotopic (exact) mass is 305 g/mol. The Morgan fingerprint density at radius 2 is 1.83 bits per heavy atom. The van der Waals surface area contributed by atoms with Crippen LogP contribution in [0.25, 0.3) is 0 Å². The smallest absolute Gasteiger partial charge is 0.282 e. The van der Waals surface area contributed by atoms with Gasteiger partial charge in [-0.15, -0.1) is 0 Å². The SMILES string of the molecule is CC1C(=O)N(Cc2cccc(C#N)c2)C(=O)N1c1ccccc1. The highest BCUT2D eigenvalue weighted by Crippen LogP contribution is 2.26. The molecule has 114 valence electrons. The van der Waals surface area contributed by atoms with E-state index in [1.807, 2.05) is 30.3 Å². The summed E-state index contributed by atoms with van der Waals surface area (Å²) in [6, 6.07) is 17.3. The minimum atomic E-state index is -0.538. The van der Waals surface area contributed by atoms with Gasteiger partial charge in [0.1, 0.15) is 6.04 Å². The summed E-state index contributed by atoms with van der Waals surface area (Å²) in [6.07, 6.45) is 0. The van der Waals surface area contributed by atoms with Gasteiger partial charge in [-0.05, 0) is 36.8 Å². The standard InChI is InChI=1S/C18H15N3O2/c1-13-17(22)20(12-15-7-5-6-14(10-15)11-19)18(23)21(13)16-8-3-2-4-9-16/h2-10,13H,12H2,1H3. The molecule has 0 radical (unpaired) electrons. The molecule has 0 aromatic heterocycles. The largest absolute Gasteiger partial charge is 0.332 e. The summed E-state index contributed by atoms with van der Waals surface area (Å²) in [5, 5.41) is 8.95. The number of urea groups is 1. The van der Waals surface area contributed by atoms with E-state index in [0.717, 1.165) is 5.56 Å². The normalized spacial score (nSPS) is 17.5. The number of nitriles is 1. The van der Waals surface area contributed by atoms with Crippen molar-refractivity contribution >= 4 is 17.6 Å². The Balaban J connectivity index is 1.88. The Hall–Kier alpha value is -3.13. The van der Waals surface area contributed by atoms with Crippen molar-refractivity contribution < 1.29 is 9.59 Å². The zero-order valence-electron chi connectivity index (χ0n) is 12.6. The first-order valence-electron chi connectivity index (χ1n) is 7.30. The highest BCUT2D eigenvalue weighted by molar-refractivity contribution is 6.13. The van der Waals surface area contributed by atoms with Gasteiger partial charge >= 0.3 is 6.03 Å². The summed E-state index contributed by atoms with van der Waals surface area (Å²) in [7, 11) is 0. The van der Waals surface area contributed by atoms with Gasteiger partial charge < -0.3 is 0 Å². The quantitative estimate of drug-likeness (QED) is 0.819. The molecular weight excluding hydrogens is 290 g/mol. The van der Waals surface area contributed by atoms with Gasteiger partial charge in [0.05, 0.1) is 18.2 Å². The lowest BCUT2D eigenvalue weighted by molar-refractivity contribution is -0.127. The third-order valence-corrected chi connectivity index (χ3v) is 3.88. The first kappa shape index (κ1) is 14.8. The van der Waals surface area contributed by atoms with Crippen LogP contribution in [0.3, 0.4) is 0 Å². The zero-order valence-corrected chi connectivity index (χ0v) is 12.6. The minimum absolute atomic E-state index is 0.168. The number of amides is 3. The number of para-hydroxylation sites is 1. The number of rotatable bonds is 3. The van der Waals surface area contributed by atoms with Crippen molar-refractivity contribution in [3.63, 3.8) is 0 Å². The molecule has 0 bridgehead atoms. The Kier molecular flexibility index (Phi) is 3.82. The van der Waals surface area contributed by atoms with E-state index < -0.39 is 6.04 Å². The van der Waals surface area contributed by atoms with Crippen molar-refractivity contribution in [1.29, 1.82) is 5.26 Å². The van der Waals surface area contributed by atoms with Gasteiger partial charge in [-0.3, -0.25) is 14.6 Å². The third kappa shape index (κ3) is 2.67. The van der Waals surface area contributed by atoms with Crippen LogP contribution in [-0.2, 0) is 11.3 Å². The second kappa shape index (κ2) is 5.93. The summed E-state index contributed by atoms with van der Waals surface area (Å²) in [5.74, 6) is -0.235. The Morgan fingerprint density at radius 1 is 1.09 bits per heavy atom. The van der Waals surface area contributed by atoms with Crippen LogP contribution < -0.4 is 4.90 Å². The summed E-state index contributed by atoms with van der Waals surface area (Å²) in [5.41, 5.74) is 1.97. The topological polar surface area (TPSA) is 64.4 Å². The minimum Gasteiger partial charge on any atom is -0.282 e. The predicted molar refractivity (Wildman–Crippen MR) is 85.5 cm³/mol. The van der Waals surface area contributed by atoms with Gasteiger partial charge in [0, 0.05) is 5.69 Å². The van der Waals surface area contributed by atoms with E-state index in [-0.39, 0.29) is 18.5 Å². The summed E-state index contributed by atoms with van der Waals surface area (Å²) < 4.78 is 0. The third-order valence-electron chi connectivity index (χ3n) is 3.88. The molecule has 2 aromatic carbocycles. The molecule has 0 saturated carbocycles. The maximum atomic E-state index is 12.7. The number of carbonyl (C=O) groups is 2. The molecule has 1 saturated heterocycles. The van der Waals surface area contributed by atoms with Crippen LogP contribution in [0.15, 0.2) is 54.6 Å².